The number of nitrogens with one attached hydrogen (secondary N) is 2. The van der Waals surface area contributed by atoms with Gasteiger partial charge in [0.2, 0.25) is 5.91 Å². The lowest BCUT2D eigenvalue weighted by molar-refractivity contribution is -0.117. The fraction of sp³-hybridized carbons (Fsp3) is 0.348. The van der Waals surface area contributed by atoms with Crippen molar-refractivity contribution in [1.82, 2.24) is 14.8 Å². The number of nitrogens with zero attached hydrogens (tertiary/aromatic N) is 3. The van der Waals surface area contributed by atoms with E-state index in [0.717, 1.165) is 46.7 Å². The van der Waals surface area contributed by atoms with Gasteiger partial charge in [-0.05, 0) is 44.2 Å². The molecule has 0 radical (unpaired) electrons. The average Bonchev–Trinajstić information content (AvgIpc) is 3.68. The molecule has 7 heteroatoms. The van der Waals surface area contributed by atoms with E-state index in [1.807, 2.05) is 42.1 Å². The van der Waals surface area contributed by atoms with Crippen molar-refractivity contribution in [3.8, 4) is 16.9 Å². The number of para-hydroxylation sites is 1. The summed E-state index contributed by atoms with van der Waals surface area (Å²) >= 11 is 0. The summed E-state index contributed by atoms with van der Waals surface area (Å²) in [6.07, 6.45) is 10.1. The van der Waals surface area contributed by atoms with Crippen LogP contribution < -0.4 is 15.4 Å². The van der Waals surface area contributed by atoms with Gasteiger partial charge in [-0.3, -0.25) is 9.48 Å². The van der Waals surface area contributed by atoms with E-state index in [1.165, 1.54) is 12.8 Å². The molecule has 1 amide bonds. The van der Waals surface area contributed by atoms with Gasteiger partial charge in [-0.15, -0.1) is 0 Å². The molecule has 0 saturated heterocycles. The van der Waals surface area contributed by atoms with Crippen molar-refractivity contribution in [1.29, 1.82) is 0 Å². The molecule has 7 nitrogen and oxygen atoms in total. The summed E-state index contributed by atoms with van der Waals surface area (Å²) in [4.78, 5) is 16.4. The first-order valence-electron chi connectivity index (χ1n) is 10.4. The van der Waals surface area contributed by atoms with Crippen LogP contribution in [0.3, 0.4) is 0 Å². The Morgan fingerprint density at radius 2 is 2.00 bits per heavy atom. The SMILES string of the molecule is COc1c(Nc2cc(NC(=O)C3CC3)ncc2C)cccc1-c1cnn(C2CC2)c1. The van der Waals surface area contributed by atoms with Crippen molar-refractivity contribution >= 4 is 23.1 Å². The Labute approximate surface area is 175 Å². The fourth-order valence-electron chi connectivity index (χ4n) is 3.54. The summed E-state index contributed by atoms with van der Waals surface area (Å²) in [7, 11) is 1.68. The summed E-state index contributed by atoms with van der Waals surface area (Å²) in [5.74, 6) is 1.50. The number of aryl methyl sites for hydroxylation is 1. The number of carbonyl (C=O) groups excluding carboxylic acids is 1. The second kappa shape index (κ2) is 7.48. The van der Waals surface area contributed by atoms with E-state index in [0.29, 0.717) is 11.9 Å². The second-order valence-electron chi connectivity index (χ2n) is 8.10. The first kappa shape index (κ1) is 18.7. The highest BCUT2D eigenvalue weighted by atomic mass is 16.5. The molecule has 2 fully saturated rings. The van der Waals surface area contributed by atoms with Crippen LogP contribution in [0.4, 0.5) is 17.2 Å². The van der Waals surface area contributed by atoms with Crippen LogP contribution in [0.2, 0.25) is 0 Å². The Hall–Kier alpha value is -3.35. The number of benzene rings is 1. The smallest absolute Gasteiger partial charge is 0.228 e. The van der Waals surface area contributed by atoms with Crippen molar-refractivity contribution in [2.45, 2.75) is 38.6 Å². The number of hydrogen-bond donors (Lipinski definition) is 2. The number of carbonyl (C=O) groups is 1. The van der Waals surface area contributed by atoms with Crippen molar-refractivity contribution in [3.05, 3.63) is 48.4 Å². The molecule has 2 aliphatic carbocycles. The van der Waals surface area contributed by atoms with E-state index < -0.39 is 0 Å². The van der Waals surface area contributed by atoms with Crippen molar-refractivity contribution in [2.24, 2.45) is 5.92 Å². The summed E-state index contributed by atoms with van der Waals surface area (Å²) in [5.41, 5.74) is 4.73. The van der Waals surface area contributed by atoms with E-state index in [-0.39, 0.29) is 11.8 Å². The maximum absolute atomic E-state index is 12.1. The van der Waals surface area contributed by atoms with Gasteiger partial charge in [0.1, 0.15) is 11.6 Å². The number of rotatable bonds is 7. The van der Waals surface area contributed by atoms with Crippen LogP contribution in [0.25, 0.3) is 11.1 Å². The summed E-state index contributed by atoms with van der Waals surface area (Å²) < 4.78 is 7.82. The number of anilines is 3. The molecule has 1 aromatic carbocycles. The van der Waals surface area contributed by atoms with E-state index in [4.69, 9.17) is 4.74 Å². The maximum atomic E-state index is 12.1. The van der Waals surface area contributed by atoms with Crippen LogP contribution >= 0.6 is 0 Å². The van der Waals surface area contributed by atoms with Crippen LogP contribution in [0, 0.1) is 12.8 Å². The van der Waals surface area contributed by atoms with Crippen molar-refractivity contribution in [2.75, 3.05) is 17.7 Å². The summed E-state index contributed by atoms with van der Waals surface area (Å²) in [5, 5.41) is 10.9. The van der Waals surface area contributed by atoms with E-state index in [9.17, 15) is 4.79 Å². The molecule has 154 valence electrons. The third kappa shape index (κ3) is 3.75. The maximum Gasteiger partial charge on any atom is 0.228 e. The molecule has 0 atom stereocenters. The van der Waals surface area contributed by atoms with Gasteiger partial charge in [0, 0.05) is 41.2 Å². The standard InChI is InChI=1S/C23H25N5O2/c1-14-11-24-21(27-23(29)15-6-7-15)10-20(14)26-19-5-3-4-18(22(19)30-2)16-12-25-28(13-16)17-8-9-17/h3-5,10-13,15,17H,6-9H2,1-2H3,(H2,24,26,27,29). The minimum atomic E-state index is 0.0459. The minimum absolute atomic E-state index is 0.0459. The van der Waals surface area contributed by atoms with Crippen LogP contribution in [0.1, 0.15) is 37.3 Å². The topological polar surface area (TPSA) is 81.1 Å². The molecular weight excluding hydrogens is 378 g/mol. The zero-order valence-corrected chi connectivity index (χ0v) is 17.2. The molecule has 2 saturated carbocycles. The molecule has 2 aliphatic rings. The van der Waals surface area contributed by atoms with Gasteiger partial charge in [0.05, 0.1) is 25.0 Å². The predicted molar refractivity (Wildman–Crippen MR) is 116 cm³/mol. The van der Waals surface area contributed by atoms with Gasteiger partial charge in [-0.1, -0.05) is 12.1 Å². The number of pyridine rings is 1. The largest absolute Gasteiger partial charge is 0.494 e. The zero-order valence-electron chi connectivity index (χ0n) is 17.2. The lowest BCUT2D eigenvalue weighted by Gasteiger charge is -2.16. The molecule has 0 aliphatic heterocycles. The lowest BCUT2D eigenvalue weighted by Crippen LogP contribution is -2.14. The number of ether oxygens (including phenoxy) is 1. The van der Waals surface area contributed by atoms with Gasteiger partial charge in [-0.2, -0.15) is 5.10 Å². The number of hydrogen-bond acceptors (Lipinski definition) is 5. The van der Waals surface area contributed by atoms with E-state index in [2.05, 4.69) is 26.9 Å². The average molecular weight is 403 g/mol. The van der Waals surface area contributed by atoms with Crippen LogP contribution in [0.5, 0.6) is 5.75 Å². The summed E-state index contributed by atoms with van der Waals surface area (Å²) in [6.45, 7) is 1.98. The van der Waals surface area contributed by atoms with Gasteiger partial charge in [0.25, 0.3) is 0 Å². The third-order valence-corrected chi connectivity index (χ3v) is 5.62. The van der Waals surface area contributed by atoms with Crippen LogP contribution in [-0.4, -0.2) is 27.8 Å². The number of amides is 1. The molecule has 2 aromatic heterocycles. The highest BCUT2D eigenvalue weighted by Crippen LogP contribution is 2.40. The molecular formula is C23H25N5O2. The molecule has 0 spiro atoms. The second-order valence-corrected chi connectivity index (χ2v) is 8.10. The Balaban J connectivity index is 1.43. The molecule has 2 heterocycles. The molecule has 3 aromatic rings. The first-order chi connectivity index (χ1) is 14.6. The Bertz CT molecular complexity index is 1100. The Kier molecular flexibility index (Phi) is 4.65. The summed E-state index contributed by atoms with van der Waals surface area (Å²) in [6, 6.07) is 8.43. The minimum Gasteiger partial charge on any atom is -0.494 e. The van der Waals surface area contributed by atoms with E-state index in [1.54, 1.807) is 13.3 Å². The Morgan fingerprint density at radius 3 is 2.73 bits per heavy atom. The highest BCUT2D eigenvalue weighted by molar-refractivity contribution is 5.93. The quantitative estimate of drug-likeness (QED) is 0.598. The normalized spacial score (nSPS) is 15.7. The van der Waals surface area contributed by atoms with Gasteiger partial charge < -0.3 is 15.4 Å². The molecule has 2 N–H and O–H groups in total. The number of methoxy groups -OCH3 is 1. The molecule has 30 heavy (non-hydrogen) atoms. The van der Waals surface area contributed by atoms with Gasteiger partial charge >= 0.3 is 0 Å². The monoisotopic (exact) mass is 403 g/mol. The zero-order chi connectivity index (χ0) is 20.7. The van der Waals surface area contributed by atoms with Crippen molar-refractivity contribution < 1.29 is 9.53 Å². The van der Waals surface area contributed by atoms with E-state index >= 15 is 0 Å². The fourth-order valence-corrected chi connectivity index (χ4v) is 3.54. The molecule has 0 unspecified atom stereocenters. The van der Waals surface area contributed by atoms with Gasteiger partial charge in [0.15, 0.2) is 0 Å². The van der Waals surface area contributed by atoms with Crippen LogP contribution in [-0.2, 0) is 4.79 Å². The Morgan fingerprint density at radius 1 is 1.17 bits per heavy atom. The molecule has 0 bridgehead atoms. The first-order valence-corrected chi connectivity index (χ1v) is 10.4. The molecule has 5 rings (SSSR count). The van der Waals surface area contributed by atoms with Crippen LogP contribution in [0.15, 0.2) is 42.9 Å². The third-order valence-electron chi connectivity index (χ3n) is 5.62. The van der Waals surface area contributed by atoms with Crippen molar-refractivity contribution in [3.63, 3.8) is 0 Å². The lowest BCUT2D eigenvalue weighted by atomic mass is 10.1. The predicted octanol–water partition coefficient (Wildman–Crippen LogP) is 4.69. The highest BCUT2D eigenvalue weighted by Gasteiger charge is 2.30. The van der Waals surface area contributed by atoms with Gasteiger partial charge in [-0.25, -0.2) is 4.98 Å². The number of aromatic nitrogens is 3.